The highest BCUT2D eigenvalue weighted by molar-refractivity contribution is 7.10. The summed E-state index contributed by atoms with van der Waals surface area (Å²) in [5.74, 6) is -0.0721. The molecule has 1 aliphatic rings. The Morgan fingerprint density at radius 1 is 1.15 bits per heavy atom. The normalized spacial score (nSPS) is 16.2. The molecule has 5 heteroatoms. The van der Waals surface area contributed by atoms with E-state index in [-0.39, 0.29) is 12.1 Å². The minimum absolute atomic E-state index is 0. The monoisotopic (exact) mass is 285 g/mol. The molecular formula is C15H15N3OS. The van der Waals surface area contributed by atoms with E-state index in [0.717, 1.165) is 16.3 Å². The van der Waals surface area contributed by atoms with Gasteiger partial charge in [0.2, 0.25) is 0 Å². The van der Waals surface area contributed by atoms with Crippen molar-refractivity contribution >= 4 is 34.7 Å². The fourth-order valence-corrected chi connectivity index (χ4v) is 2.60. The first-order chi connectivity index (χ1) is 9.25. The summed E-state index contributed by atoms with van der Waals surface area (Å²) in [4.78, 5) is 13.5. The van der Waals surface area contributed by atoms with Crippen molar-refractivity contribution in [2.75, 3.05) is 5.01 Å². The van der Waals surface area contributed by atoms with Crippen LogP contribution >= 0.6 is 11.3 Å². The molecule has 0 spiro atoms. The van der Waals surface area contributed by atoms with Crippen molar-refractivity contribution in [1.82, 2.24) is 6.15 Å². The van der Waals surface area contributed by atoms with Gasteiger partial charge in [-0.2, -0.15) is 10.1 Å². The SMILES string of the molecule is CC1=NN(c2ccccc2)C(=O)C1=Cc1cccs1.N. The Morgan fingerprint density at radius 2 is 1.90 bits per heavy atom. The van der Waals surface area contributed by atoms with Gasteiger partial charge in [0.1, 0.15) is 0 Å². The number of hydrogen-bond acceptors (Lipinski definition) is 4. The van der Waals surface area contributed by atoms with Gasteiger partial charge in [0, 0.05) is 4.88 Å². The standard InChI is InChI=1S/C15H12N2OS.H3N/c1-11-14(10-13-8-5-9-19-13)15(18)17(16-11)12-6-3-2-4-7-12;/h2-10H,1H3;1H3. The molecule has 1 aromatic carbocycles. The van der Waals surface area contributed by atoms with E-state index >= 15 is 0 Å². The largest absolute Gasteiger partial charge is 0.344 e. The summed E-state index contributed by atoms with van der Waals surface area (Å²) >= 11 is 1.61. The van der Waals surface area contributed by atoms with Gasteiger partial charge >= 0.3 is 0 Å². The van der Waals surface area contributed by atoms with E-state index in [9.17, 15) is 4.79 Å². The average molecular weight is 285 g/mol. The van der Waals surface area contributed by atoms with Crippen LogP contribution in [0.1, 0.15) is 11.8 Å². The Balaban J connectivity index is 0.00000147. The van der Waals surface area contributed by atoms with Crippen molar-refractivity contribution in [2.45, 2.75) is 6.92 Å². The maximum absolute atomic E-state index is 12.4. The number of amides is 1. The highest BCUT2D eigenvalue weighted by Crippen LogP contribution is 2.25. The first kappa shape index (κ1) is 14.2. The third-order valence-electron chi connectivity index (χ3n) is 2.89. The summed E-state index contributed by atoms with van der Waals surface area (Å²) in [6.45, 7) is 1.86. The second-order valence-electron chi connectivity index (χ2n) is 4.21. The molecule has 20 heavy (non-hydrogen) atoms. The Kier molecular flexibility index (Phi) is 4.12. The molecule has 2 aromatic rings. The summed E-state index contributed by atoms with van der Waals surface area (Å²) in [6, 6.07) is 13.4. The number of rotatable bonds is 2. The molecule has 1 amide bonds. The molecule has 3 rings (SSSR count). The van der Waals surface area contributed by atoms with Gasteiger partial charge in [-0.15, -0.1) is 11.3 Å². The van der Waals surface area contributed by atoms with Crippen molar-refractivity contribution in [3.8, 4) is 0 Å². The van der Waals surface area contributed by atoms with Crippen LogP contribution in [0.3, 0.4) is 0 Å². The lowest BCUT2D eigenvalue weighted by Gasteiger charge is -2.10. The second-order valence-corrected chi connectivity index (χ2v) is 5.19. The number of thiophene rings is 1. The third-order valence-corrected chi connectivity index (χ3v) is 3.71. The lowest BCUT2D eigenvalue weighted by molar-refractivity contribution is -0.114. The number of hydrogen-bond donors (Lipinski definition) is 1. The number of anilines is 1. The molecule has 4 nitrogen and oxygen atoms in total. The van der Waals surface area contributed by atoms with Crippen molar-refractivity contribution in [3.05, 3.63) is 58.3 Å². The van der Waals surface area contributed by atoms with E-state index in [1.54, 1.807) is 11.3 Å². The van der Waals surface area contributed by atoms with E-state index in [0.29, 0.717) is 5.57 Å². The molecule has 0 saturated heterocycles. The maximum Gasteiger partial charge on any atom is 0.280 e. The molecule has 2 heterocycles. The summed E-state index contributed by atoms with van der Waals surface area (Å²) in [7, 11) is 0. The summed E-state index contributed by atoms with van der Waals surface area (Å²) in [6.07, 6.45) is 1.90. The van der Waals surface area contributed by atoms with Gasteiger partial charge in [-0.1, -0.05) is 24.3 Å². The van der Waals surface area contributed by atoms with Crippen LogP contribution in [0.2, 0.25) is 0 Å². The Bertz CT molecular complexity index is 660. The highest BCUT2D eigenvalue weighted by Gasteiger charge is 2.28. The molecule has 102 valence electrons. The van der Waals surface area contributed by atoms with E-state index in [4.69, 9.17) is 0 Å². The summed E-state index contributed by atoms with van der Waals surface area (Å²) < 4.78 is 0. The summed E-state index contributed by atoms with van der Waals surface area (Å²) in [5, 5.41) is 7.78. The van der Waals surface area contributed by atoms with Gasteiger partial charge in [-0.25, -0.2) is 0 Å². The van der Waals surface area contributed by atoms with Gasteiger partial charge in [0.05, 0.1) is 17.0 Å². The van der Waals surface area contributed by atoms with Crippen LogP contribution < -0.4 is 11.2 Å². The molecule has 1 aliphatic heterocycles. The van der Waals surface area contributed by atoms with Crippen LogP contribution in [0.5, 0.6) is 0 Å². The smallest absolute Gasteiger partial charge is 0.280 e. The number of nitrogens with zero attached hydrogens (tertiary/aromatic N) is 2. The zero-order valence-corrected chi connectivity index (χ0v) is 11.9. The Labute approximate surface area is 121 Å². The molecule has 0 unspecified atom stereocenters. The lowest BCUT2D eigenvalue weighted by atomic mass is 10.1. The fourth-order valence-electron chi connectivity index (χ4n) is 1.94. The quantitative estimate of drug-likeness (QED) is 0.854. The van der Waals surface area contributed by atoms with Crippen LogP contribution in [-0.4, -0.2) is 11.6 Å². The molecule has 1 aromatic heterocycles. The predicted octanol–water partition coefficient (Wildman–Crippen LogP) is 3.72. The van der Waals surface area contributed by atoms with Crippen LogP contribution in [0.25, 0.3) is 6.08 Å². The van der Waals surface area contributed by atoms with Crippen LogP contribution in [0.15, 0.2) is 58.5 Å². The number of hydrazone groups is 1. The zero-order valence-electron chi connectivity index (χ0n) is 11.1. The van der Waals surface area contributed by atoms with Gasteiger partial charge < -0.3 is 6.15 Å². The first-order valence-electron chi connectivity index (χ1n) is 5.96. The van der Waals surface area contributed by atoms with E-state index in [1.165, 1.54) is 5.01 Å². The number of carbonyl (C=O) groups excluding carboxylic acids is 1. The molecule has 0 radical (unpaired) electrons. The summed E-state index contributed by atoms with van der Waals surface area (Å²) in [5.41, 5.74) is 2.20. The van der Waals surface area contributed by atoms with Crippen LogP contribution in [0, 0.1) is 0 Å². The van der Waals surface area contributed by atoms with Gasteiger partial charge in [-0.3, -0.25) is 4.79 Å². The van der Waals surface area contributed by atoms with Crippen molar-refractivity contribution in [3.63, 3.8) is 0 Å². The van der Waals surface area contributed by atoms with Crippen molar-refractivity contribution < 1.29 is 4.79 Å². The van der Waals surface area contributed by atoms with Gasteiger partial charge in [0.25, 0.3) is 5.91 Å². The van der Waals surface area contributed by atoms with E-state index in [1.807, 2.05) is 60.8 Å². The Hall–Kier alpha value is -2.24. The molecule has 0 atom stereocenters. The number of benzene rings is 1. The molecule has 0 fully saturated rings. The Morgan fingerprint density at radius 3 is 2.55 bits per heavy atom. The minimum atomic E-state index is -0.0721. The number of carbonyl (C=O) groups is 1. The topological polar surface area (TPSA) is 67.7 Å². The third kappa shape index (κ3) is 2.54. The minimum Gasteiger partial charge on any atom is -0.344 e. The van der Waals surface area contributed by atoms with Crippen molar-refractivity contribution in [2.24, 2.45) is 5.10 Å². The van der Waals surface area contributed by atoms with E-state index < -0.39 is 0 Å². The molecule has 0 saturated carbocycles. The maximum atomic E-state index is 12.4. The van der Waals surface area contributed by atoms with E-state index in [2.05, 4.69) is 5.10 Å². The first-order valence-corrected chi connectivity index (χ1v) is 6.84. The van der Waals surface area contributed by atoms with Crippen LogP contribution in [0.4, 0.5) is 5.69 Å². The molecule has 0 aliphatic carbocycles. The highest BCUT2D eigenvalue weighted by atomic mass is 32.1. The molecule has 0 bridgehead atoms. The van der Waals surface area contributed by atoms with Crippen LogP contribution in [-0.2, 0) is 4.79 Å². The predicted molar refractivity (Wildman–Crippen MR) is 84.4 cm³/mol. The molecular weight excluding hydrogens is 270 g/mol. The lowest BCUT2D eigenvalue weighted by Crippen LogP contribution is -2.21. The van der Waals surface area contributed by atoms with Crippen molar-refractivity contribution in [1.29, 1.82) is 0 Å². The second kappa shape index (κ2) is 5.81. The van der Waals surface area contributed by atoms with Gasteiger partial charge in [0.15, 0.2) is 0 Å². The average Bonchev–Trinajstić information content (AvgIpc) is 3.03. The number of para-hydroxylation sites is 1. The zero-order chi connectivity index (χ0) is 13.2. The van der Waals surface area contributed by atoms with Gasteiger partial charge in [-0.05, 0) is 36.6 Å². The molecule has 3 N–H and O–H groups in total. The fraction of sp³-hybridized carbons (Fsp3) is 0.0667.